The van der Waals surface area contributed by atoms with E-state index in [1.807, 2.05) is 36.9 Å². The minimum absolute atomic E-state index is 0.141. The van der Waals surface area contributed by atoms with Crippen LogP contribution in [0.3, 0.4) is 0 Å². The Bertz CT molecular complexity index is 430. The molecule has 98 valence electrons. The van der Waals surface area contributed by atoms with E-state index in [0.29, 0.717) is 12.3 Å². The summed E-state index contributed by atoms with van der Waals surface area (Å²) in [5.41, 5.74) is 2.06. The van der Waals surface area contributed by atoms with E-state index in [-0.39, 0.29) is 5.91 Å². The molecule has 1 amide bonds. The summed E-state index contributed by atoms with van der Waals surface area (Å²) in [6, 6.07) is 5.93. The molecule has 1 aromatic carbocycles. The van der Waals surface area contributed by atoms with Gasteiger partial charge in [-0.3, -0.25) is 4.79 Å². The third kappa shape index (κ3) is 4.02. The van der Waals surface area contributed by atoms with Crippen LogP contribution in [-0.2, 0) is 4.79 Å². The number of aryl methyl sites for hydroxylation is 1. The van der Waals surface area contributed by atoms with Crippen LogP contribution in [0.5, 0.6) is 0 Å². The fraction of sp³-hybridized carbons (Fsp3) is 0.500. The lowest BCUT2D eigenvalue weighted by Crippen LogP contribution is -2.19. The molecule has 18 heavy (non-hydrogen) atoms. The van der Waals surface area contributed by atoms with E-state index in [1.165, 1.54) is 29.9 Å². The van der Waals surface area contributed by atoms with Gasteiger partial charge < -0.3 is 5.32 Å². The first kappa shape index (κ1) is 13.9. The molecule has 1 saturated heterocycles. The number of nitrogens with one attached hydrogen (secondary N) is 1. The number of rotatable bonds is 3. The smallest absolute Gasteiger partial charge is 0.224 e. The fourth-order valence-electron chi connectivity index (χ4n) is 2.10. The molecule has 0 saturated carbocycles. The van der Waals surface area contributed by atoms with E-state index in [4.69, 9.17) is 0 Å². The van der Waals surface area contributed by atoms with Crippen molar-refractivity contribution in [3.8, 4) is 0 Å². The Morgan fingerprint density at radius 1 is 1.44 bits per heavy atom. The van der Waals surface area contributed by atoms with Gasteiger partial charge in [0, 0.05) is 16.6 Å². The van der Waals surface area contributed by atoms with Gasteiger partial charge in [0.25, 0.3) is 0 Å². The molecule has 0 radical (unpaired) electrons. The van der Waals surface area contributed by atoms with Crippen LogP contribution in [0.25, 0.3) is 0 Å². The van der Waals surface area contributed by atoms with Crippen LogP contribution in [0.2, 0.25) is 0 Å². The van der Waals surface area contributed by atoms with E-state index < -0.39 is 0 Å². The van der Waals surface area contributed by atoms with Crippen LogP contribution in [0.15, 0.2) is 22.7 Å². The van der Waals surface area contributed by atoms with Crippen molar-refractivity contribution in [2.75, 3.05) is 16.8 Å². The van der Waals surface area contributed by atoms with Gasteiger partial charge >= 0.3 is 0 Å². The Kier molecular flexibility index (Phi) is 5.13. The molecule has 1 heterocycles. The van der Waals surface area contributed by atoms with Gasteiger partial charge in [0.2, 0.25) is 5.91 Å². The molecule has 1 aliphatic rings. The molecule has 2 rings (SSSR count). The first-order valence-corrected chi connectivity index (χ1v) is 8.23. The van der Waals surface area contributed by atoms with Crippen molar-refractivity contribution in [2.24, 2.45) is 5.92 Å². The molecule has 0 aromatic heterocycles. The van der Waals surface area contributed by atoms with Crippen molar-refractivity contribution in [1.29, 1.82) is 0 Å². The predicted molar refractivity (Wildman–Crippen MR) is 82.2 cm³/mol. The number of amides is 1. The number of hydrogen-bond acceptors (Lipinski definition) is 2. The topological polar surface area (TPSA) is 29.1 Å². The summed E-state index contributed by atoms with van der Waals surface area (Å²) in [4.78, 5) is 11.9. The normalized spacial score (nSPS) is 16.6. The largest absolute Gasteiger partial charge is 0.326 e. The number of hydrogen-bond donors (Lipinski definition) is 1. The van der Waals surface area contributed by atoms with Crippen molar-refractivity contribution >= 4 is 39.3 Å². The van der Waals surface area contributed by atoms with E-state index in [0.717, 1.165) is 10.2 Å². The Hall–Kier alpha value is -0.480. The SMILES string of the molecule is Cc1ccc(NC(=O)CC2CCSCC2)cc1Br. The summed E-state index contributed by atoms with van der Waals surface area (Å²) in [6.07, 6.45) is 3.01. The lowest BCUT2D eigenvalue weighted by molar-refractivity contribution is -0.117. The van der Waals surface area contributed by atoms with Crippen LogP contribution >= 0.6 is 27.7 Å². The highest BCUT2D eigenvalue weighted by atomic mass is 79.9. The van der Waals surface area contributed by atoms with Crippen molar-refractivity contribution in [2.45, 2.75) is 26.2 Å². The average molecular weight is 328 g/mol. The minimum Gasteiger partial charge on any atom is -0.326 e. The molecule has 2 nitrogen and oxygen atoms in total. The summed E-state index contributed by atoms with van der Waals surface area (Å²) in [5, 5.41) is 2.98. The monoisotopic (exact) mass is 327 g/mol. The molecule has 0 unspecified atom stereocenters. The van der Waals surface area contributed by atoms with Crippen molar-refractivity contribution in [1.82, 2.24) is 0 Å². The lowest BCUT2D eigenvalue weighted by atomic mass is 9.98. The first-order chi connectivity index (χ1) is 8.65. The third-order valence-electron chi connectivity index (χ3n) is 3.27. The first-order valence-electron chi connectivity index (χ1n) is 6.29. The Balaban J connectivity index is 1.88. The highest BCUT2D eigenvalue weighted by molar-refractivity contribution is 9.10. The molecule has 1 aliphatic heterocycles. The van der Waals surface area contributed by atoms with Gasteiger partial charge in [-0.05, 0) is 54.9 Å². The molecule has 1 fully saturated rings. The maximum absolute atomic E-state index is 11.9. The number of anilines is 1. The average Bonchev–Trinajstić information content (AvgIpc) is 2.35. The third-order valence-corrected chi connectivity index (χ3v) is 5.17. The van der Waals surface area contributed by atoms with Crippen molar-refractivity contribution in [3.63, 3.8) is 0 Å². The van der Waals surface area contributed by atoms with Gasteiger partial charge in [0.05, 0.1) is 0 Å². The second kappa shape index (κ2) is 6.62. The zero-order chi connectivity index (χ0) is 13.0. The van der Waals surface area contributed by atoms with Gasteiger partial charge in [-0.25, -0.2) is 0 Å². The summed E-state index contributed by atoms with van der Waals surface area (Å²) >= 11 is 5.48. The molecular formula is C14H18BrNOS. The minimum atomic E-state index is 0.141. The molecule has 1 N–H and O–H groups in total. The van der Waals surface area contributed by atoms with Gasteiger partial charge in [-0.2, -0.15) is 11.8 Å². The number of thioether (sulfide) groups is 1. The van der Waals surface area contributed by atoms with Gasteiger partial charge in [-0.15, -0.1) is 0 Å². The predicted octanol–water partition coefficient (Wildman–Crippen LogP) is 4.23. The summed E-state index contributed by atoms with van der Waals surface area (Å²) in [5.74, 6) is 3.12. The highest BCUT2D eigenvalue weighted by Gasteiger charge is 2.17. The standard InChI is InChI=1S/C14H18BrNOS/c1-10-2-3-12(9-13(10)15)16-14(17)8-11-4-6-18-7-5-11/h2-3,9,11H,4-8H2,1H3,(H,16,17). The number of carbonyl (C=O) groups is 1. The highest BCUT2D eigenvalue weighted by Crippen LogP contribution is 2.26. The number of halogens is 1. The number of benzene rings is 1. The Morgan fingerprint density at radius 3 is 2.83 bits per heavy atom. The van der Waals surface area contributed by atoms with Crippen molar-refractivity contribution in [3.05, 3.63) is 28.2 Å². The molecule has 0 atom stereocenters. The molecule has 4 heteroatoms. The summed E-state index contributed by atoms with van der Waals surface area (Å²) < 4.78 is 1.04. The van der Waals surface area contributed by atoms with Crippen LogP contribution in [0.1, 0.15) is 24.8 Å². The molecule has 0 aliphatic carbocycles. The maximum Gasteiger partial charge on any atom is 0.224 e. The van der Waals surface area contributed by atoms with E-state index >= 15 is 0 Å². The second-order valence-electron chi connectivity index (χ2n) is 4.77. The van der Waals surface area contributed by atoms with E-state index in [2.05, 4.69) is 21.2 Å². The van der Waals surface area contributed by atoms with Gasteiger partial charge in [0.15, 0.2) is 0 Å². The molecule has 0 spiro atoms. The lowest BCUT2D eigenvalue weighted by Gasteiger charge is -2.20. The van der Waals surface area contributed by atoms with Crippen LogP contribution in [0, 0.1) is 12.8 Å². The Morgan fingerprint density at radius 2 is 2.17 bits per heavy atom. The Labute approximate surface area is 121 Å². The number of carbonyl (C=O) groups excluding carboxylic acids is 1. The van der Waals surface area contributed by atoms with E-state index in [1.54, 1.807) is 0 Å². The van der Waals surface area contributed by atoms with Crippen LogP contribution < -0.4 is 5.32 Å². The molecular weight excluding hydrogens is 310 g/mol. The zero-order valence-corrected chi connectivity index (χ0v) is 12.9. The van der Waals surface area contributed by atoms with Crippen LogP contribution in [0.4, 0.5) is 5.69 Å². The maximum atomic E-state index is 11.9. The van der Waals surface area contributed by atoms with Gasteiger partial charge in [-0.1, -0.05) is 22.0 Å². The van der Waals surface area contributed by atoms with Gasteiger partial charge in [0.1, 0.15) is 0 Å². The summed E-state index contributed by atoms with van der Waals surface area (Å²) in [7, 11) is 0. The fourth-order valence-corrected chi connectivity index (χ4v) is 3.68. The molecule has 1 aromatic rings. The van der Waals surface area contributed by atoms with Crippen LogP contribution in [-0.4, -0.2) is 17.4 Å². The quantitative estimate of drug-likeness (QED) is 0.900. The summed E-state index contributed by atoms with van der Waals surface area (Å²) in [6.45, 7) is 2.04. The van der Waals surface area contributed by atoms with E-state index in [9.17, 15) is 4.79 Å². The zero-order valence-electron chi connectivity index (χ0n) is 10.5. The second-order valence-corrected chi connectivity index (χ2v) is 6.85. The molecule has 0 bridgehead atoms. The van der Waals surface area contributed by atoms with Crippen molar-refractivity contribution < 1.29 is 4.79 Å².